The van der Waals surface area contributed by atoms with Gasteiger partial charge in [0.1, 0.15) is 0 Å². The van der Waals surface area contributed by atoms with E-state index in [0.29, 0.717) is 11.3 Å². The largest absolute Gasteiger partial charge is 0.481 e. The molecule has 0 fully saturated rings. The third kappa shape index (κ3) is 1.99. The lowest BCUT2D eigenvalue weighted by Gasteiger charge is -2.20. The van der Waals surface area contributed by atoms with Gasteiger partial charge < -0.3 is 10.8 Å². The summed E-state index contributed by atoms with van der Waals surface area (Å²) in [6, 6.07) is 1.85. The minimum atomic E-state index is -1.02. The van der Waals surface area contributed by atoms with Crippen molar-refractivity contribution >= 4 is 17.0 Å². The number of aromatic amines is 1. The van der Waals surface area contributed by atoms with Gasteiger partial charge in [0, 0.05) is 11.6 Å². The van der Waals surface area contributed by atoms with E-state index >= 15 is 0 Å². The number of aryl methyl sites for hydroxylation is 1. The van der Waals surface area contributed by atoms with Gasteiger partial charge in [-0.25, -0.2) is 4.98 Å². The van der Waals surface area contributed by atoms with Gasteiger partial charge in [-0.1, -0.05) is 0 Å². The Morgan fingerprint density at radius 2 is 2.35 bits per heavy atom. The van der Waals surface area contributed by atoms with E-state index in [0.717, 1.165) is 10.9 Å². The Labute approximate surface area is 97.9 Å². The number of nitrogens with zero attached hydrogens (tertiary/aromatic N) is 2. The van der Waals surface area contributed by atoms with Gasteiger partial charge in [-0.15, -0.1) is 0 Å². The second kappa shape index (κ2) is 3.81. The Balaban J connectivity index is 2.59. The number of hydrogen-bond donors (Lipinski definition) is 3. The Hall–Kier alpha value is -1.95. The summed E-state index contributed by atoms with van der Waals surface area (Å²) in [5.41, 5.74) is 7.15. The third-order valence-electron chi connectivity index (χ3n) is 2.73. The summed E-state index contributed by atoms with van der Waals surface area (Å²) in [5.74, 6) is -0.951. The molecule has 2 aromatic rings. The molecule has 2 aromatic heterocycles. The van der Waals surface area contributed by atoms with Crippen molar-refractivity contribution in [2.24, 2.45) is 5.73 Å². The lowest BCUT2D eigenvalue weighted by Crippen LogP contribution is -2.36. The first-order chi connectivity index (χ1) is 7.92. The van der Waals surface area contributed by atoms with Gasteiger partial charge in [0.15, 0.2) is 5.65 Å². The molecule has 6 heteroatoms. The van der Waals surface area contributed by atoms with Crippen LogP contribution in [0.15, 0.2) is 12.3 Å². The smallest absolute Gasteiger partial charge is 0.305 e. The zero-order valence-corrected chi connectivity index (χ0v) is 9.69. The zero-order chi connectivity index (χ0) is 12.6. The van der Waals surface area contributed by atoms with E-state index < -0.39 is 11.5 Å². The Bertz CT molecular complexity index is 574. The van der Waals surface area contributed by atoms with Crippen molar-refractivity contribution < 1.29 is 9.90 Å². The fourth-order valence-electron chi connectivity index (χ4n) is 1.92. The summed E-state index contributed by atoms with van der Waals surface area (Å²) in [5, 5.41) is 16.5. The van der Waals surface area contributed by atoms with E-state index in [-0.39, 0.29) is 6.42 Å². The van der Waals surface area contributed by atoms with Gasteiger partial charge >= 0.3 is 5.97 Å². The van der Waals surface area contributed by atoms with Gasteiger partial charge in [0.2, 0.25) is 0 Å². The molecule has 2 rings (SSSR count). The van der Waals surface area contributed by atoms with Crippen molar-refractivity contribution in [3.8, 4) is 0 Å². The Kier molecular flexibility index (Phi) is 2.59. The number of carboxylic acid groups (broad SMARTS) is 1. The summed E-state index contributed by atoms with van der Waals surface area (Å²) in [7, 11) is 0. The van der Waals surface area contributed by atoms with Gasteiger partial charge in [-0.3, -0.25) is 9.89 Å². The molecule has 0 aliphatic carbocycles. The normalized spacial score (nSPS) is 14.8. The van der Waals surface area contributed by atoms with Gasteiger partial charge in [-0.2, -0.15) is 5.10 Å². The van der Waals surface area contributed by atoms with Gasteiger partial charge in [0.25, 0.3) is 0 Å². The van der Waals surface area contributed by atoms with Crippen molar-refractivity contribution in [2.45, 2.75) is 25.8 Å². The van der Waals surface area contributed by atoms with Crippen LogP contribution in [0.1, 0.15) is 24.6 Å². The van der Waals surface area contributed by atoms with Crippen LogP contribution in [-0.2, 0) is 10.3 Å². The molecule has 0 radical (unpaired) electrons. The lowest BCUT2D eigenvalue weighted by molar-refractivity contribution is -0.138. The molecule has 0 aliphatic heterocycles. The molecule has 0 saturated carbocycles. The first kappa shape index (κ1) is 11.5. The van der Waals surface area contributed by atoms with Crippen LogP contribution < -0.4 is 5.73 Å². The number of pyridine rings is 1. The number of rotatable bonds is 3. The summed E-state index contributed by atoms with van der Waals surface area (Å²) < 4.78 is 0. The molecule has 0 saturated heterocycles. The summed E-state index contributed by atoms with van der Waals surface area (Å²) in [6.07, 6.45) is 1.49. The van der Waals surface area contributed by atoms with Crippen LogP contribution in [0.5, 0.6) is 0 Å². The molecule has 0 unspecified atom stereocenters. The average molecular weight is 234 g/mol. The highest BCUT2D eigenvalue weighted by Gasteiger charge is 2.30. The van der Waals surface area contributed by atoms with Gasteiger partial charge in [-0.05, 0) is 25.5 Å². The fourth-order valence-corrected chi connectivity index (χ4v) is 1.92. The second-order valence-electron chi connectivity index (χ2n) is 4.41. The number of hydrogen-bond acceptors (Lipinski definition) is 4. The van der Waals surface area contributed by atoms with Crippen LogP contribution in [0, 0.1) is 6.92 Å². The van der Waals surface area contributed by atoms with Crippen molar-refractivity contribution in [3.05, 3.63) is 23.5 Å². The van der Waals surface area contributed by atoms with Crippen molar-refractivity contribution in [1.82, 2.24) is 15.2 Å². The molecule has 0 aliphatic rings. The number of nitrogens with one attached hydrogen (secondary N) is 1. The third-order valence-corrected chi connectivity index (χ3v) is 2.73. The average Bonchev–Trinajstić information content (AvgIpc) is 2.61. The maximum atomic E-state index is 10.8. The van der Waals surface area contributed by atoms with E-state index in [1.165, 1.54) is 0 Å². The molecule has 1 atom stereocenters. The van der Waals surface area contributed by atoms with E-state index in [2.05, 4.69) is 15.2 Å². The first-order valence-corrected chi connectivity index (χ1v) is 5.22. The minimum Gasteiger partial charge on any atom is -0.481 e. The predicted molar refractivity (Wildman–Crippen MR) is 62.4 cm³/mol. The molecule has 0 aromatic carbocycles. The fraction of sp³-hybridized carbons (Fsp3) is 0.364. The second-order valence-corrected chi connectivity index (χ2v) is 4.41. The van der Waals surface area contributed by atoms with Crippen molar-refractivity contribution in [3.63, 3.8) is 0 Å². The maximum absolute atomic E-state index is 10.8. The van der Waals surface area contributed by atoms with Crippen LogP contribution in [0.25, 0.3) is 11.0 Å². The zero-order valence-electron chi connectivity index (χ0n) is 9.69. The van der Waals surface area contributed by atoms with Crippen molar-refractivity contribution in [2.75, 3.05) is 0 Å². The summed E-state index contributed by atoms with van der Waals surface area (Å²) in [4.78, 5) is 14.9. The molecule has 2 heterocycles. The Morgan fingerprint density at radius 3 is 3.00 bits per heavy atom. The number of aromatic nitrogens is 3. The first-order valence-electron chi connectivity index (χ1n) is 5.22. The number of nitrogens with two attached hydrogens (primary N) is 1. The number of carbonyl (C=O) groups is 1. The highest BCUT2D eigenvalue weighted by molar-refractivity contribution is 5.83. The van der Waals surface area contributed by atoms with Gasteiger partial charge in [0.05, 0.1) is 17.7 Å². The highest BCUT2D eigenvalue weighted by atomic mass is 16.4. The molecule has 17 heavy (non-hydrogen) atoms. The molecule has 90 valence electrons. The number of H-pyrrole nitrogens is 1. The Morgan fingerprint density at radius 1 is 1.65 bits per heavy atom. The highest BCUT2D eigenvalue weighted by Crippen LogP contribution is 2.28. The molecule has 0 amide bonds. The van der Waals surface area contributed by atoms with Crippen LogP contribution in [-0.4, -0.2) is 26.3 Å². The SMILES string of the molecule is Cc1ccnc2[nH]nc([C@@](C)(N)CC(=O)O)c12. The minimum absolute atomic E-state index is 0.179. The van der Waals surface area contributed by atoms with Crippen LogP contribution in [0.2, 0.25) is 0 Å². The van der Waals surface area contributed by atoms with Crippen molar-refractivity contribution in [1.29, 1.82) is 0 Å². The van der Waals surface area contributed by atoms with Crippen LogP contribution in [0.4, 0.5) is 0 Å². The lowest BCUT2D eigenvalue weighted by atomic mass is 9.92. The molecule has 4 N–H and O–H groups in total. The van der Waals surface area contributed by atoms with E-state index in [9.17, 15) is 4.79 Å². The quantitative estimate of drug-likeness (QED) is 0.732. The number of fused-ring (bicyclic) bond motifs is 1. The molecular formula is C11H14N4O2. The van der Waals surface area contributed by atoms with E-state index in [1.807, 2.05) is 13.0 Å². The predicted octanol–water partition coefficient (Wildman–Crippen LogP) is 0.915. The molecule has 0 spiro atoms. The van der Waals surface area contributed by atoms with Crippen LogP contribution >= 0.6 is 0 Å². The summed E-state index contributed by atoms with van der Waals surface area (Å²) in [6.45, 7) is 3.57. The summed E-state index contributed by atoms with van der Waals surface area (Å²) >= 11 is 0. The topological polar surface area (TPSA) is 105 Å². The van der Waals surface area contributed by atoms with E-state index in [1.54, 1.807) is 13.1 Å². The maximum Gasteiger partial charge on any atom is 0.305 e. The van der Waals surface area contributed by atoms with E-state index in [4.69, 9.17) is 10.8 Å². The number of carboxylic acids is 1. The molecular weight excluding hydrogens is 220 g/mol. The molecule has 6 nitrogen and oxygen atoms in total. The van der Waals surface area contributed by atoms with Crippen LogP contribution in [0.3, 0.4) is 0 Å². The number of aliphatic carboxylic acids is 1. The monoisotopic (exact) mass is 234 g/mol. The molecule has 0 bridgehead atoms. The standard InChI is InChI=1S/C11H14N4O2/c1-6-3-4-13-10-8(6)9(14-15-10)11(2,12)5-7(16)17/h3-4H,5,12H2,1-2H3,(H,16,17)(H,13,14,15)/t11-/m0/s1.